The summed E-state index contributed by atoms with van der Waals surface area (Å²) in [4.78, 5) is 4.76. The number of hydrogen-bond donors (Lipinski definition) is 5. The summed E-state index contributed by atoms with van der Waals surface area (Å²) in [5.74, 6) is 0.545. The molecule has 4 aromatic rings. The number of fused-ring (bicyclic) bond motifs is 1. The van der Waals surface area contributed by atoms with Crippen LogP contribution in [0.1, 0.15) is 50.3 Å². The summed E-state index contributed by atoms with van der Waals surface area (Å²) >= 11 is 0. The minimum absolute atomic E-state index is 0.0164. The van der Waals surface area contributed by atoms with Gasteiger partial charge < -0.3 is 27.0 Å². The second-order valence-electron chi connectivity index (χ2n) is 10.7. The number of aliphatic hydroxyl groups excluding tert-OH is 1. The van der Waals surface area contributed by atoms with Crippen LogP contribution in [0, 0.1) is 5.41 Å². The van der Waals surface area contributed by atoms with Crippen LogP contribution in [0.5, 0.6) is 5.75 Å². The molecule has 2 aromatic heterocycles. The predicted octanol–water partition coefficient (Wildman–Crippen LogP) is 4.73. The molecule has 5 rings (SSSR count). The van der Waals surface area contributed by atoms with Gasteiger partial charge in [-0.2, -0.15) is 5.10 Å². The average Bonchev–Trinajstić information content (AvgIpc) is 3.46. The lowest BCUT2D eigenvalue weighted by Gasteiger charge is -2.32. The van der Waals surface area contributed by atoms with E-state index in [-0.39, 0.29) is 29.9 Å². The van der Waals surface area contributed by atoms with Gasteiger partial charge in [0.1, 0.15) is 11.6 Å². The van der Waals surface area contributed by atoms with Gasteiger partial charge in [0.05, 0.1) is 35.3 Å². The molecule has 0 aliphatic heterocycles. The molecule has 2 aromatic carbocycles. The summed E-state index contributed by atoms with van der Waals surface area (Å²) < 4.78 is 1.85. The second-order valence-corrected chi connectivity index (χ2v) is 10.7. The van der Waals surface area contributed by atoms with Crippen molar-refractivity contribution in [3.05, 3.63) is 77.6 Å². The number of amidine groups is 1. The Labute approximate surface area is 223 Å². The Hall–Kier alpha value is -3.88. The van der Waals surface area contributed by atoms with E-state index in [1.807, 2.05) is 41.9 Å². The Kier molecular flexibility index (Phi) is 6.86. The Morgan fingerprint density at radius 1 is 1.16 bits per heavy atom. The van der Waals surface area contributed by atoms with Gasteiger partial charge in [0.2, 0.25) is 0 Å². The van der Waals surface area contributed by atoms with Gasteiger partial charge in [0, 0.05) is 23.8 Å². The molecule has 7 N–H and O–H groups in total. The van der Waals surface area contributed by atoms with Gasteiger partial charge in [-0.3, -0.25) is 0 Å². The molecule has 0 spiro atoms. The fourth-order valence-electron chi connectivity index (χ4n) is 5.34. The molecule has 2 atom stereocenters. The summed E-state index contributed by atoms with van der Waals surface area (Å²) in [7, 11) is 0. The molecule has 198 valence electrons. The van der Waals surface area contributed by atoms with Gasteiger partial charge in [0.25, 0.3) is 0 Å². The maximum Gasteiger partial charge on any atom is 0.135 e. The quantitative estimate of drug-likeness (QED) is 0.180. The first-order valence-electron chi connectivity index (χ1n) is 13.1. The zero-order chi connectivity index (χ0) is 27.0. The fraction of sp³-hybridized carbons (Fsp3) is 0.333. The summed E-state index contributed by atoms with van der Waals surface area (Å²) in [6.45, 7) is 6.40. The zero-order valence-corrected chi connectivity index (χ0v) is 22.1. The SMILES string of the molecule is CCc1cc(O)ccc1N=C(N)c1cnn2cc(-c3cccc(CO)c3)cc2c1NC1CCC(N)C1(C)C. The van der Waals surface area contributed by atoms with Crippen molar-refractivity contribution >= 4 is 22.7 Å². The summed E-state index contributed by atoms with van der Waals surface area (Å²) in [6.07, 6.45) is 6.33. The van der Waals surface area contributed by atoms with Crippen molar-refractivity contribution in [1.29, 1.82) is 0 Å². The number of nitrogens with zero attached hydrogens (tertiary/aromatic N) is 3. The molecule has 1 fully saturated rings. The van der Waals surface area contributed by atoms with Crippen LogP contribution in [-0.4, -0.2) is 37.7 Å². The van der Waals surface area contributed by atoms with Crippen molar-refractivity contribution in [2.75, 3.05) is 5.32 Å². The number of aliphatic imine (C=N–C) groups is 1. The van der Waals surface area contributed by atoms with Gasteiger partial charge in [-0.25, -0.2) is 9.51 Å². The third-order valence-electron chi connectivity index (χ3n) is 7.98. The number of hydrogen-bond acceptors (Lipinski definition) is 6. The molecule has 8 nitrogen and oxygen atoms in total. The van der Waals surface area contributed by atoms with Crippen molar-refractivity contribution in [3.8, 4) is 16.9 Å². The van der Waals surface area contributed by atoms with E-state index in [0.717, 1.165) is 46.3 Å². The second kappa shape index (κ2) is 10.1. The average molecular weight is 513 g/mol. The predicted molar refractivity (Wildman–Crippen MR) is 153 cm³/mol. The first-order valence-corrected chi connectivity index (χ1v) is 13.1. The van der Waals surface area contributed by atoms with Gasteiger partial charge in [-0.1, -0.05) is 39.0 Å². The largest absolute Gasteiger partial charge is 0.508 e. The topological polar surface area (TPSA) is 134 Å². The van der Waals surface area contributed by atoms with Crippen LogP contribution in [0.15, 0.2) is 65.9 Å². The van der Waals surface area contributed by atoms with Crippen LogP contribution >= 0.6 is 0 Å². The monoisotopic (exact) mass is 512 g/mol. The number of nitrogens with one attached hydrogen (secondary N) is 1. The Balaban J connectivity index is 1.65. The number of phenols is 1. The van der Waals surface area contributed by atoms with Crippen LogP contribution in [0.3, 0.4) is 0 Å². The molecule has 38 heavy (non-hydrogen) atoms. The smallest absolute Gasteiger partial charge is 0.135 e. The Morgan fingerprint density at radius 3 is 2.68 bits per heavy atom. The number of aromatic hydroxyl groups is 1. The maximum absolute atomic E-state index is 9.91. The van der Waals surface area contributed by atoms with Crippen LogP contribution in [0.25, 0.3) is 16.6 Å². The zero-order valence-electron chi connectivity index (χ0n) is 22.1. The van der Waals surface area contributed by atoms with Crippen LogP contribution < -0.4 is 16.8 Å². The van der Waals surface area contributed by atoms with E-state index < -0.39 is 0 Å². The third-order valence-corrected chi connectivity index (χ3v) is 7.98. The molecule has 0 saturated heterocycles. The minimum atomic E-state index is -0.110. The highest BCUT2D eigenvalue weighted by Crippen LogP contribution is 2.40. The summed E-state index contributed by atoms with van der Waals surface area (Å²) in [5, 5.41) is 28.0. The Bertz CT molecular complexity index is 1510. The van der Waals surface area contributed by atoms with Crippen LogP contribution in [0.4, 0.5) is 11.4 Å². The highest BCUT2D eigenvalue weighted by Gasteiger charge is 2.41. The standard InChI is InChI=1S/C30H36N6O2/c1-4-19-13-22(38)8-9-24(19)34-29(32)23-15-33-36-16-21(20-7-5-6-18(12-20)17-37)14-25(36)28(23)35-27-11-10-26(31)30(27,2)3/h5-9,12-16,26-27,35,37-38H,4,10-11,17,31H2,1-3H3,(H2,32,34). The Morgan fingerprint density at radius 2 is 1.97 bits per heavy atom. The van der Waals surface area contributed by atoms with Crippen LogP contribution in [0.2, 0.25) is 0 Å². The maximum atomic E-state index is 9.91. The molecule has 1 aliphatic rings. The number of aromatic nitrogens is 2. The van der Waals surface area contributed by atoms with E-state index >= 15 is 0 Å². The number of benzene rings is 2. The minimum Gasteiger partial charge on any atom is -0.508 e. The van der Waals surface area contributed by atoms with E-state index in [1.165, 1.54) is 0 Å². The number of nitrogens with two attached hydrogens (primary N) is 2. The molecule has 0 amide bonds. The molecule has 1 aliphatic carbocycles. The molecular weight excluding hydrogens is 476 g/mol. The van der Waals surface area contributed by atoms with Crippen molar-refractivity contribution in [2.24, 2.45) is 21.9 Å². The van der Waals surface area contributed by atoms with E-state index in [9.17, 15) is 10.2 Å². The van der Waals surface area contributed by atoms with Crippen molar-refractivity contribution < 1.29 is 10.2 Å². The van der Waals surface area contributed by atoms with Crippen LogP contribution in [-0.2, 0) is 13.0 Å². The van der Waals surface area contributed by atoms with Gasteiger partial charge in [-0.15, -0.1) is 0 Å². The fourth-order valence-corrected chi connectivity index (χ4v) is 5.34. The van der Waals surface area contributed by atoms with E-state index in [4.69, 9.17) is 16.5 Å². The molecule has 2 heterocycles. The number of aryl methyl sites for hydroxylation is 1. The lowest BCUT2D eigenvalue weighted by molar-refractivity contribution is 0.282. The molecule has 8 heteroatoms. The first-order chi connectivity index (χ1) is 18.2. The van der Waals surface area contributed by atoms with Gasteiger partial charge >= 0.3 is 0 Å². The lowest BCUT2D eigenvalue weighted by atomic mass is 9.84. The number of aliphatic hydroxyl groups is 1. The van der Waals surface area contributed by atoms with Crippen molar-refractivity contribution in [2.45, 2.75) is 58.7 Å². The highest BCUT2D eigenvalue weighted by molar-refractivity contribution is 6.06. The summed E-state index contributed by atoms with van der Waals surface area (Å²) in [5.41, 5.74) is 19.9. The van der Waals surface area contributed by atoms with E-state index in [2.05, 4.69) is 30.3 Å². The normalized spacial score (nSPS) is 19.2. The highest BCUT2D eigenvalue weighted by atomic mass is 16.3. The third kappa shape index (κ3) is 4.73. The molecule has 1 saturated carbocycles. The van der Waals surface area contributed by atoms with Crippen molar-refractivity contribution in [3.63, 3.8) is 0 Å². The lowest BCUT2D eigenvalue weighted by Crippen LogP contribution is -2.42. The molecule has 2 unspecified atom stereocenters. The first kappa shape index (κ1) is 25.8. The molecule has 0 bridgehead atoms. The van der Waals surface area contributed by atoms with Gasteiger partial charge in [0.15, 0.2) is 0 Å². The number of anilines is 1. The number of phenolic OH excluding ortho intramolecular Hbond substituents is 1. The van der Waals surface area contributed by atoms with Gasteiger partial charge in [-0.05, 0) is 71.7 Å². The molecular formula is C30H36N6O2. The molecule has 0 radical (unpaired) electrons. The summed E-state index contributed by atoms with van der Waals surface area (Å²) in [6, 6.07) is 15.3. The van der Waals surface area contributed by atoms with E-state index in [0.29, 0.717) is 23.5 Å². The number of rotatable bonds is 7. The van der Waals surface area contributed by atoms with E-state index in [1.54, 1.807) is 24.4 Å². The van der Waals surface area contributed by atoms with Crippen molar-refractivity contribution in [1.82, 2.24) is 9.61 Å².